The highest BCUT2D eigenvalue weighted by Crippen LogP contribution is 2.22. The van der Waals surface area contributed by atoms with Crippen LogP contribution in [-0.4, -0.2) is 17.0 Å². The molecule has 21 heavy (non-hydrogen) atoms. The van der Waals surface area contributed by atoms with Crippen molar-refractivity contribution in [2.45, 2.75) is 6.92 Å². The fourth-order valence-electron chi connectivity index (χ4n) is 1.77. The molecule has 2 aromatic carbocycles. The predicted octanol–water partition coefficient (Wildman–Crippen LogP) is 4.47. The Hall–Kier alpha value is -1.66. The maximum atomic E-state index is 12.2. The number of aromatic carboxylic acids is 1. The smallest absolute Gasteiger partial charge is 0.335 e. The van der Waals surface area contributed by atoms with E-state index in [2.05, 4.69) is 37.2 Å². The molecule has 0 bridgehead atoms. The van der Waals surface area contributed by atoms with Crippen molar-refractivity contribution in [1.82, 2.24) is 0 Å². The molecule has 0 aromatic heterocycles. The van der Waals surface area contributed by atoms with Crippen LogP contribution in [0, 0.1) is 6.92 Å². The van der Waals surface area contributed by atoms with Gasteiger partial charge in [0.1, 0.15) is 0 Å². The summed E-state index contributed by atoms with van der Waals surface area (Å²) in [4.78, 5) is 23.2. The normalized spacial score (nSPS) is 10.2. The van der Waals surface area contributed by atoms with Crippen molar-refractivity contribution in [3.05, 3.63) is 62.0 Å². The van der Waals surface area contributed by atoms with E-state index >= 15 is 0 Å². The Morgan fingerprint density at radius 3 is 2.38 bits per heavy atom. The van der Waals surface area contributed by atoms with Crippen molar-refractivity contribution < 1.29 is 14.7 Å². The molecule has 0 spiro atoms. The van der Waals surface area contributed by atoms with Gasteiger partial charge in [0.05, 0.1) is 5.56 Å². The van der Waals surface area contributed by atoms with Crippen LogP contribution in [-0.2, 0) is 0 Å². The monoisotopic (exact) mass is 411 g/mol. The fourth-order valence-corrected chi connectivity index (χ4v) is 2.51. The highest BCUT2D eigenvalue weighted by Gasteiger charge is 2.10. The van der Waals surface area contributed by atoms with Gasteiger partial charge in [0.25, 0.3) is 5.91 Å². The molecule has 0 fully saturated rings. The fraction of sp³-hybridized carbons (Fsp3) is 0.0667. The van der Waals surface area contributed by atoms with Gasteiger partial charge in [0.15, 0.2) is 0 Å². The summed E-state index contributed by atoms with van der Waals surface area (Å²) in [5.41, 5.74) is 1.98. The average molecular weight is 413 g/mol. The van der Waals surface area contributed by atoms with Crippen LogP contribution < -0.4 is 5.32 Å². The minimum atomic E-state index is -1.05. The van der Waals surface area contributed by atoms with Crippen LogP contribution >= 0.6 is 31.9 Å². The molecule has 0 atom stereocenters. The summed E-state index contributed by atoms with van der Waals surface area (Å²) in [5.74, 6) is -1.34. The van der Waals surface area contributed by atoms with Crippen molar-refractivity contribution in [2.24, 2.45) is 0 Å². The van der Waals surface area contributed by atoms with Gasteiger partial charge in [0.2, 0.25) is 0 Å². The van der Waals surface area contributed by atoms with E-state index in [-0.39, 0.29) is 11.5 Å². The number of aryl methyl sites for hydroxylation is 1. The number of hydrogen-bond donors (Lipinski definition) is 2. The maximum absolute atomic E-state index is 12.2. The molecule has 0 heterocycles. The van der Waals surface area contributed by atoms with Crippen LogP contribution in [0.4, 0.5) is 5.69 Å². The van der Waals surface area contributed by atoms with Gasteiger partial charge in [-0.25, -0.2) is 4.79 Å². The summed E-state index contributed by atoms with van der Waals surface area (Å²) in [5, 5.41) is 11.7. The summed E-state index contributed by atoms with van der Waals surface area (Å²) in [6.07, 6.45) is 0. The number of carboxylic acids is 1. The Kier molecular flexibility index (Phi) is 4.80. The van der Waals surface area contributed by atoms with Crippen LogP contribution in [0.25, 0.3) is 0 Å². The number of carbonyl (C=O) groups is 2. The third-order valence-electron chi connectivity index (χ3n) is 2.82. The Bertz CT molecular complexity index is 729. The number of benzene rings is 2. The lowest BCUT2D eigenvalue weighted by Gasteiger charge is -2.08. The number of carboxylic acid groups (broad SMARTS) is 1. The first kappa shape index (κ1) is 15.7. The lowest BCUT2D eigenvalue weighted by molar-refractivity contribution is 0.0696. The van der Waals surface area contributed by atoms with E-state index in [1.165, 1.54) is 12.1 Å². The second kappa shape index (κ2) is 6.41. The molecule has 0 aliphatic carbocycles. The molecule has 4 nitrogen and oxygen atoms in total. The predicted molar refractivity (Wildman–Crippen MR) is 87.9 cm³/mol. The standard InChI is InChI=1S/C15H11Br2NO3/c1-8-4-9(2-3-13(8)17)14(19)18-12-6-10(15(20)21)5-11(16)7-12/h2-7H,1H3,(H,18,19)(H,20,21). The summed E-state index contributed by atoms with van der Waals surface area (Å²) in [7, 11) is 0. The Morgan fingerprint density at radius 2 is 1.76 bits per heavy atom. The summed E-state index contributed by atoms with van der Waals surface area (Å²) < 4.78 is 1.51. The minimum absolute atomic E-state index is 0.103. The Labute approximate surface area is 138 Å². The van der Waals surface area contributed by atoms with E-state index in [1.54, 1.807) is 24.3 Å². The molecule has 2 rings (SSSR count). The second-order valence-electron chi connectivity index (χ2n) is 4.45. The third kappa shape index (κ3) is 3.92. The van der Waals surface area contributed by atoms with Crippen LogP contribution in [0.15, 0.2) is 45.3 Å². The van der Waals surface area contributed by atoms with E-state index in [0.29, 0.717) is 15.7 Å². The van der Waals surface area contributed by atoms with Gasteiger partial charge in [-0.05, 0) is 48.9 Å². The zero-order chi connectivity index (χ0) is 15.6. The van der Waals surface area contributed by atoms with Crippen LogP contribution in [0.5, 0.6) is 0 Å². The molecule has 0 saturated carbocycles. The topological polar surface area (TPSA) is 66.4 Å². The lowest BCUT2D eigenvalue weighted by Crippen LogP contribution is -2.12. The number of nitrogens with one attached hydrogen (secondary N) is 1. The first-order valence-corrected chi connectivity index (χ1v) is 7.57. The molecule has 1 amide bonds. The van der Waals surface area contributed by atoms with Gasteiger partial charge < -0.3 is 10.4 Å². The summed E-state index contributed by atoms with van der Waals surface area (Å²) in [6, 6.07) is 9.79. The molecule has 2 N–H and O–H groups in total. The Morgan fingerprint density at radius 1 is 1.05 bits per heavy atom. The minimum Gasteiger partial charge on any atom is -0.478 e. The first-order chi connectivity index (χ1) is 9.86. The van der Waals surface area contributed by atoms with Crippen molar-refractivity contribution >= 4 is 49.4 Å². The molecule has 2 aromatic rings. The zero-order valence-corrected chi connectivity index (χ0v) is 14.2. The summed E-state index contributed by atoms with van der Waals surface area (Å²) in [6.45, 7) is 1.89. The second-order valence-corrected chi connectivity index (χ2v) is 6.22. The molecule has 6 heteroatoms. The Balaban J connectivity index is 2.27. The van der Waals surface area contributed by atoms with Gasteiger partial charge in [-0.15, -0.1) is 0 Å². The highest BCUT2D eigenvalue weighted by molar-refractivity contribution is 9.10. The van der Waals surface area contributed by atoms with Crippen LogP contribution in [0.2, 0.25) is 0 Å². The highest BCUT2D eigenvalue weighted by atomic mass is 79.9. The molecule has 0 saturated heterocycles. The van der Waals surface area contributed by atoms with Crippen molar-refractivity contribution in [3.63, 3.8) is 0 Å². The summed E-state index contributed by atoms with van der Waals surface area (Å²) >= 11 is 6.60. The van der Waals surface area contributed by atoms with Gasteiger partial charge in [-0.3, -0.25) is 4.79 Å². The zero-order valence-electron chi connectivity index (χ0n) is 11.0. The average Bonchev–Trinajstić information content (AvgIpc) is 2.41. The maximum Gasteiger partial charge on any atom is 0.335 e. The molecular weight excluding hydrogens is 402 g/mol. The molecule has 0 aliphatic heterocycles. The van der Waals surface area contributed by atoms with Gasteiger partial charge in [-0.2, -0.15) is 0 Å². The number of halogens is 2. The van der Waals surface area contributed by atoms with E-state index in [4.69, 9.17) is 5.11 Å². The van der Waals surface area contributed by atoms with Gasteiger partial charge in [0, 0.05) is 20.2 Å². The molecule has 108 valence electrons. The number of rotatable bonds is 3. The van der Waals surface area contributed by atoms with Gasteiger partial charge in [-0.1, -0.05) is 31.9 Å². The quantitative estimate of drug-likeness (QED) is 0.781. The van der Waals surface area contributed by atoms with Gasteiger partial charge >= 0.3 is 5.97 Å². The van der Waals surface area contributed by atoms with E-state index in [0.717, 1.165) is 10.0 Å². The first-order valence-electron chi connectivity index (χ1n) is 5.98. The number of hydrogen-bond acceptors (Lipinski definition) is 2. The van der Waals surface area contributed by atoms with Crippen molar-refractivity contribution in [1.29, 1.82) is 0 Å². The molecular formula is C15H11Br2NO3. The SMILES string of the molecule is Cc1cc(C(=O)Nc2cc(Br)cc(C(=O)O)c2)ccc1Br. The van der Waals surface area contributed by atoms with Crippen LogP contribution in [0.3, 0.4) is 0 Å². The number of anilines is 1. The van der Waals surface area contributed by atoms with E-state index in [1.807, 2.05) is 6.92 Å². The molecule has 0 unspecified atom stereocenters. The number of carbonyl (C=O) groups excluding carboxylic acids is 1. The lowest BCUT2D eigenvalue weighted by atomic mass is 10.1. The number of amides is 1. The van der Waals surface area contributed by atoms with E-state index < -0.39 is 5.97 Å². The van der Waals surface area contributed by atoms with Crippen molar-refractivity contribution in [2.75, 3.05) is 5.32 Å². The third-order valence-corrected chi connectivity index (χ3v) is 4.17. The largest absolute Gasteiger partial charge is 0.478 e. The van der Waals surface area contributed by atoms with E-state index in [9.17, 15) is 9.59 Å². The molecule has 0 aliphatic rings. The molecule has 0 radical (unpaired) electrons. The van der Waals surface area contributed by atoms with Crippen LogP contribution in [0.1, 0.15) is 26.3 Å². The van der Waals surface area contributed by atoms with Crippen molar-refractivity contribution in [3.8, 4) is 0 Å².